The molecule has 1 aromatic carbocycles. The second-order valence-corrected chi connectivity index (χ2v) is 7.17. The van der Waals surface area contributed by atoms with Crippen LogP contribution in [0.3, 0.4) is 0 Å². The number of hydrogen-bond acceptors (Lipinski definition) is 7. The summed E-state index contributed by atoms with van der Waals surface area (Å²) in [6, 6.07) is 7.38. The number of carbonyl (C=O) groups is 3. The van der Waals surface area contributed by atoms with E-state index in [4.69, 9.17) is 14.2 Å². The Bertz CT molecular complexity index is 695. The number of cyclic esters (lactones) is 1. The highest BCUT2D eigenvalue weighted by molar-refractivity contribution is 6.21. The third kappa shape index (κ3) is 5.17. The summed E-state index contributed by atoms with van der Waals surface area (Å²) in [5, 5.41) is 0. The van der Waals surface area contributed by atoms with Crippen molar-refractivity contribution in [2.75, 3.05) is 40.0 Å². The van der Waals surface area contributed by atoms with Crippen LogP contribution in [0.4, 0.5) is 0 Å². The summed E-state index contributed by atoms with van der Waals surface area (Å²) in [4.78, 5) is 39.3. The highest BCUT2D eigenvalue weighted by Gasteiger charge is 2.46. The lowest BCUT2D eigenvalue weighted by Gasteiger charge is -2.26. The van der Waals surface area contributed by atoms with Crippen molar-refractivity contribution in [1.82, 2.24) is 4.90 Å². The standard InChI is InChI=1S/C21H27NO6/c1-26-16-7-4-15(5-8-16)6-9-17(23)19-20(24)18(28-21(19)25)3-2-10-22-11-13-27-14-12-22/h4-5,7-8,18-19H,2-3,6,9-14H2,1H3. The predicted molar refractivity (Wildman–Crippen MR) is 101 cm³/mol. The zero-order valence-corrected chi connectivity index (χ0v) is 16.2. The molecule has 0 saturated carbocycles. The fraction of sp³-hybridized carbons (Fsp3) is 0.571. The van der Waals surface area contributed by atoms with Crippen LogP contribution in [-0.4, -0.2) is 68.5 Å². The van der Waals surface area contributed by atoms with Gasteiger partial charge in [-0.05, 0) is 43.5 Å². The van der Waals surface area contributed by atoms with E-state index in [0.717, 1.165) is 50.6 Å². The third-order valence-electron chi connectivity index (χ3n) is 5.28. The maximum Gasteiger partial charge on any atom is 0.325 e. The Morgan fingerprint density at radius 1 is 1.18 bits per heavy atom. The van der Waals surface area contributed by atoms with Crippen molar-refractivity contribution in [2.24, 2.45) is 5.92 Å². The Balaban J connectivity index is 1.45. The number of esters is 1. The minimum Gasteiger partial charge on any atom is -0.497 e. The molecule has 0 N–H and O–H groups in total. The van der Waals surface area contributed by atoms with Gasteiger partial charge in [-0.3, -0.25) is 19.3 Å². The van der Waals surface area contributed by atoms with Gasteiger partial charge in [0.15, 0.2) is 23.6 Å². The molecule has 2 heterocycles. The van der Waals surface area contributed by atoms with Crippen LogP contribution < -0.4 is 4.74 Å². The summed E-state index contributed by atoms with van der Waals surface area (Å²) in [5.74, 6) is -1.95. The first-order valence-electron chi connectivity index (χ1n) is 9.78. The number of benzene rings is 1. The quantitative estimate of drug-likeness (QED) is 0.467. The summed E-state index contributed by atoms with van der Waals surface area (Å²) in [5.41, 5.74) is 0.954. The van der Waals surface area contributed by atoms with E-state index in [0.29, 0.717) is 12.8 Å². The number of morpholine rings is 1. The Morgan fingerprint density at radius 3 is 2.57 bits per heavy atom. The maximum atomic E-state index is 12.5. The van der Waals surface area contributed by atoms with Gasteiger partial charge >= 0.3 is 5.97 Å². The van der Waals surface area contributed by atoms with E-state index in [2.05, 4.69) is 4.90 Å². The molecule has 0 bridgehead atoms. The van der Waals surface area contributed by atoms with Crippen LogP contribution in [0.15, 0.2) is 24.3 Å². The molecule has 2 aliphatic rings. The van der Waals surface area contributed by atoms with Crippen LogP contribution in [0.2, 0.25) is 0 Å². The molecule has 2 atom stereocenters. The molecular formula is C21H27NO6. The molecule has 2 saturated heterocycles. The molecule has 1 aromatic rings. The second-order valence-electron chi connectivity index (χ2n) is 7.17. The monoisotopic (exact) mass is 389 g/mol. The number of rotatable bonds is 9. The van der Waals surface area contributed by atoms with E-state index < -0.39 is 18.0 Å². The Labute approximate surface area is 164 Å². The van der Waals surface area contributed by atoms with Crippen molar-refractivity contribution >= 4 is 17.5 Å². The number of ether oxygens (including phenoxy) is 3. The number of aryl methyl sites for hydroxylation is 1. The Kier molecular flexibility index (Phi) is 7.17. The minimum atomic E-state index is -1.26. The molecule has 0 radical (unpaired) electrons. The van der Waals surface area contributed by atoms with Crippen LogP contribution in [0.25, 0.3) is 0 Å². The lowest BCUT2D eigenvalue weighted by molar-refractivity contribution is -0.147. The Morgan fingerprint density at radius 2 is 1.89 bits per heavy atom. The molecule has 0 amide bonds. The van der Waals surface area contributed by atoms with Crippen LogP contribution >= 0.6 is 0 Å². The van der Waals surface area contributed by atoms with Gasteiger partial charge in [0.1, 0.15) is 5.75 Å². The van der Waals surface area contributed by atoms with Gasteiger partial charge in [0.2, 0.25) is 0 Å². The number of methoxy groups -OCH3 is 1. The highest BCUT2D eigenvalue weighted by Crippen LogP contribution is 2.24. The van der Waals surface area contributed by atoms with E-state index in [1.165, 1.54) is 0 Å². The molecule has 0 aromatic heterocycles. The molecule has 0 aliphatic carbocycles. The molecule has 152 valence electrons. The molecule has 3 rings (SSSR count). The first kappa shape index (κ1) is 20.5. The number of carbonyl (C=O) groups excluding carboxylic acids is 3. The zero-order valence-electron chi connectivity index (χ0n) is 16.2. The molecule has 7 heteroatoms. The van der Waals surface area contributed by atoms with E-state index in [-0.39, 0.29) is 18.0 Å². The van der Waals surface area contributed by atoms with E-state index in [1.54, 1.807) is 7.11 Å². The van der Waals surface area contributed by atoms with Gasteiger partial charge < -0.3 is 14.2 Å². The molecule has 2 fully saturated rings. The Hall–Kier alpha value is -2.25. The second kappa shape index (κ2) is 9.80. The van der Waals surface area contributed by atoms with Crippen molar-refractivity contribution in [3.8, 4) is 5.75 Å². The van der Waals surface area contributed by atoms with Crippen molar-refractivity contribution in [2.45, 2.75) is 31.8 Å². The summed E-state index contributed by atoms with van der Waals surface area (Å²) in [7, 11) is 1.59. The zero-order chi connectivity index (χ0) is 19.9. The molecule has 0 spiro atoms. The number of hydrogen-bond donors (Lipinski definition) is 0. The first-order valence-corrected chi connectivity index (χ1v) is 9.78. The lowest BCUT2D eigenvalue weighted by atomic mass is 9.93. The van der Waals surface area contributed by atoms with Gasteiger partial charge in [0, 0.05) is 19.5 Å². The molecule has 2 aliphatic heterocycles. The average Bonchev–Trinajstić information content (AvgIpc) is 3.00. The number of Topliss-reactive ketones (excluding diaryl/α,β-unsaturated/α-hetero) is 2. The van der Waals surface area contributed by atoms with Gasteiger partial charge in [0.05, 0.1) is 20.3 Å². The van der Waals surface area contributed by atoms with Gasteiger partial charge in [-0.2, -0.15) is 0 Å². The summed E-state index contributed by atoms with van der Waals surface area (Å²) < 4.78 is 15.6. The SMILES string of the molecule is COc1ccc(CCC(=O)C2C(=O)OC(CCCN3CCOCC3)C2=O)cc1. The van der Waals surface area contributed by atoms with Gasteiger partial charge in [-0.15, -0.1) is 0 Å². The summed E-state index contributed by atoms with van der Waals surface area (Å²) in [6.07, 6.45) is 1.03. The molecule has 2 unspecified atom stereocenters. The smallest absolute Gasteiger partial charge is 0.325 e. The van der Waals surface area contributed by atoms with Gasteiger partial charge in [0.25, 0.3) is 0 Å². The maximum absolute atomic E-state index is 12.5. The molecular weight excluding hydrogens is 362 g/mol. The predicted octanol–water partition coefficient (Wildman–Crippen LogP) is 1.42. The topological polar surface area (TPSA) is 82.1 Å². The van der Waals surface area contributed by atoms with Crippen molar-refractivity contribution in [1.29, 1.82) is 0 Å². The highest BCUT2D eigenvalue weighted by atomic mass is 16.6. The van der Waals surface area contributed by atoms with Crippen LogP contribution in [0, 0.1) is 5.92 Å². The normalized spacial score (nSPS) is 22.9. The van der Waals surface area contributed by atoms with E-state index in [9.17, 15) is 14.4 Å². The first-order chi connectivity index (χ1) is 13.6. The molecule has 7 nitrogen and oxygen atoms in total. The van der Waals surface area contributed by atoms with Crippen LogP contribution in [0.1, 0.15) is 24.8 Å². The third-order valence-corrected chi connectivity index (χ3v) is 5.28. The van der Waals surface area contributed by atoms with Gasteiger partial charge in [-0.25, -0.2) is 0 Å². The van der Waals surface area contributed by atoms with Crippen molar-refractivity contribution in [3.63, 3.8) is 0 Å². The number of nitrogens with zero attached hydrogens (tertiary/aromatic N) is 1. The van der Waals surface area contributed by atoms with Gasteiger partial charge in [-0.1, -0.05) is 12.1 Å². The minimum absolute atomic E-state index is 0.137. The van der Waals surface area contributed by atoms with Crippen LogP contribution in [-0.2, 0) is 30.3 Å². The van der Waals surface area contributed by atoms with Crippen molar-refractivity contribution < 1.29 is 28.6 Å². The average molecular weight is 389 g/mol. The fourth-order valence-electron chi connectivity index (χ4n) is 3.59. The fourth-order valence-corrected chi connectivity index (χ4v) is 3.59. The van der Waals surface area contributed by atoms with E-state index >= 15 is 0 Å². The largest absolute Gasteiger partial charge is 0.497 e. The molecule has 28 heavy (non-hydrogen) atoms. The van der Waals surface area contributed by atoms with Crippen LogP contribution in [0.5, 0.6) is 5.75 Å². The lowest BCUT2D eigenvalue weighted by Crippen LogP contribution is -2.37. The van der Waals surface area contributed by atoms with Crippen molar-refractivity contribution in [3.05, 3.63) is 29.8 Å². The van der Waals surface area contributed by atoms with E-state index in [1.807, 2.05) is 24.3 Å². The number of ketones is 2. The summed E-state index contributed by atoms with van der Waals surface area (Å²) >= 11 is 0. The summed E-state index contributed by atoms with van der Waals surface area (Å²) in [6.45, 7) is 4.04.